The Morgan fingerprint density at radius 2 is 2.05 bits per heavy atom. The molecule has 4 heteroatoms. The van der Waals surface area contributed by atoms with Gasteiger partial charge in [0, 0.05) is 23.3 Å². The van der Waals surface area contributed by atoms with E-state index >= 15 is 0 Å². The summed E-state index contributed by atoms with van der Waals surface area (Å²) in [5, 5.41) is 12.1. The molecule has 0 bridgehead atoms. The van der Waals surface area contributed by atoms with Gasteiger partial charge in [-0.25, -0.2) is 4.98 Å². The number of aryl methyl sites for hydroxylation is 1. The molecule has 2 aromatic heterocycles. The number of hydrogen-bond donors (Lipinski definition) is 0. The fourth-order valence-corrected chi connectivity index (χ4v) is 2.82. The Morgan fingerprint density at radius 3 is 2.73 bits per heavy atom. The van der Waals surface area contributed by atoms with Crippen LogP contribution in [-0.4, -0.2) is 9.97 Å². The molecule has 0 N–H and O–H groups in total. The molecule has 1 aromatic carbocycles. The molecule has 0 aliphatic carbocycles. The predicted molar refractivity (Wildman–Crippen MR) is 90.0 cm³/mol. The smallest absolute Gasteiger partial charge is 0.134 e. The Morgan fingerprint density at radius 1 is 1.23 bits per heavy atom. The molecule has 3 rings (SSSR count). The highest BCUT2D eigenvalue weighted by Gasteiger charge is 2.09. The van der Waals surface area contributed by atoms with E-state index in [0.29, 0.717) is 5.57 Å². The molecule has 0 fully saturated rings. The van der Waals surface area contributed by atoms with E-state index in [-0.39, 0.29) is 0 Å². The number of rotatable bonds is 3. The molecule has 0 saturated heterocycles. The lowest BCUT2D eigenvalue weighted by Crippen LogP contribution is -1.83. The first kappa shape index (κ1) is 14.2. The third kappa shape index (κ3) is 3.11. The van der Waals surface area contributed by atoms with Crippen molar-refractivity contribution in [3.05, 3.63) is 70.3 Å². The fraction of sp³-hybridized carbons (Fsp3) is 0.0556. The largest absolute Gasteiger partial charge is 0.264 e. The first-order valence-electron chi connectivity index (χ1n) is 6.81. The number of allylic oxidation sites excluding steroid dienone is 1. The molecule has 0 radical (unpaired) electrons. The van der Waals surface area contributed by atoms with Crippen molar-refractivity contribution in [1.82, 2.24) is 9.97 Å². The topological polar surface area (TPSA) is 49.6 Å². The summed E-state index contributed by atoms with van der Waals surface area (Å²) in [5.74, 6) is 0. The molecule has 2 heterocycles. The van der Waals surface area contributed by atoms with Gasteiger partial charge in [-0.3, -0.25) is 4.98 Å². The zero-order valence-corrected chi connectivity index (χ0v) is 12.8. The van der Waals surface area contributed by atoms with Gasteiger partial charge >= 0.3 is 0 Å². The van der Waals surface area contributed by atoms with Crippen molar-refractivity contribution in [3.8, 4) is 17.3 Å². The third-order valence-electron chi connectivity index (χ3n) is 3.20. The Balaban J connectivity index is 1.94. The van der Waals surface area contributed by atoms with Gasteiger partial charge in [-0.05, 0) is 24.6 Å². The van der Waals surface area contributed by atoms with Crippen LogP contribution in [0.1, 0.15) is 16.1 Å². The Labute approximate surface area is 133 Å². The van der Waals surface area contributed by atoms with Crippen molar-refractivity contribution < 1.29 is 0 Å². The van der Waals surface area contributed by atoms with E-state index < -0.39 is 0 Å². The Hall–Kier alpha value is -2.77. The first-order valence-corrected chi connectivity index (χ1v) is 7.69. The van der Waals surface area contributed by atoms with E-state index in [0.717, 1.165) is 21.8 Å². The second-order valence-electron chi connectivity index (χ2n) is 4.86. The van der Waals surface area contributed by atoms with Crippen LogP contribution < -0.4 is 0 Å². The van der Waals surface area contributed by atoms with Crippen molar-refractivity contribution >= 4 is 23.0 Å². The summed E-state index contributed by atoms with van der Waals surface area (Å²) in [6.45, 7) is 2.06. The minimum Gasteiger partial charge on any atom is -0.264 e. The maximum atomic E-state index is 9.38. The van der Waals surface area contributed by atoms with Crippen LogP contribution in [0.25, 0.3) is 22.9 Å². The van der Waals surface area contributed by atoms with Gasteiger partial charge in [-0.2, -0.15) is 5.26 Å². The zero-order chi connectivity index (χ0) is 15.4. The molecule has 0 amide bonds. The summed E-state index contributed by atoms with van der Waals surface area (Å²) >= 11 is 1.48. The normalized spacial score (nSPS) is 11.2. The van der Waals surface area contributed by atoms with E-state index in [1.807, 2.05) is 35.7 Å². The van der Waals surface area contributed by atoms with Crippen molar-refractivity contribution in [3.63, 3.8) is 0 Å². The van der Waals surface area contributed by atoms with E-state index in [2.05, 4.69) is 35.1 Å². The van der Waals surface area contributed by atoms with Gasteiger partial charge < -0.3 is 0 Å². The second-order valence-corrected chi connectivity index (χ2v) is 5.72. The van der Waals surface area contributed by atoms with Gasteiger partial charge in [0.25, 0.3) is 0 Å². The SMILES string of the molecule is Cc1ccc(-c2csc(/C(C#N)=C\c3cccnc3)n2)cc1. The molecule has 0 aliphatic rings. The standard InChI is InChI=1S/C18H13N3S/c1-13-4-6-15(7-5-13)17-12-22-18(21-17)16(10-19)9-14-3-2-8-20-11-14/h2-9,11-12H,1H3/b16-9-. The number of nitriles is 1. The van der Waals surface area contributed by atoms with E-state index in [9.17, 15) is 5.26 Å². The highest BCUT2D eigenvalue weighted by Crippen LogP contribution is 2.27. The maximum absolute atomic E-state index is 9.38. The average molecular weight is 303 g/mol. The maximum Gasteiger partial charge on any atom is 0.134 e. The summed E-state index contributed by atoms with van der Waals surface area (Å²) < 4.78 is 0. The molecule has 3 aromatic rings. The number of aromatic nitrogens is 2. The highest BCUT2D eigenvalue weighted by atomic mass is 32.1. The van der Waals surface area contributed by atoms with Crippen molar-refractivity contribution in [2.45, 2.75) is 6.92 Å². The number of benzene rings is 1. The van der Waals surface area contributed by atoms with Gasteiger partial charge in [0.1, 0.15) is 11.1 Å². The van der Waals surface area contributed by atoms with Crippen molar-refractivity contribution in [2.75, 3.05) is 0 Å². The lowest BCUT2D eigenvalue weighted by atomic mass is 10.1. The monoisotopic (exact) mass is 303 g/mol. The van der Waals surface area contributed by atoms with Crippen LogP contribution in [0.4, 0.5) is 0 Å². The minimum atomic E-state index is 0.552. The molecule has 0 spiro atoms. The molecular formula is C18H13N3S. The van der Waals surface area contributed by atoms with Crippen molar-refractivity contribution in [2.24, 2.45) is 0 Å². The van der Waals surface area contributed by atoms with Crippen LogP contribution in [0, 0.1) is 18.3 Å². The number of hydrogen-bond acceptors (Lipinski definition) is 4. The lowest BCUT2D eigenvalue weighted by molar-refractivity contribution is 1.32. The second kappa shape index (κ2) is 6.33. The number of pyridine rings is 1. The van der Waals surface area contributed by atoms with E-state index in [4.69, 9.17) is 0 Å². The molecule has 0 aliphatic heterocycles. The van der Waals surface area contributed by atoms with Gasteiger partial charge in [0.15, 0.2) is 0 Å². The van der Waals surface area contributed by atoms with E-state index in [1.165, 1.54) is 16.9 Å². The molecule has 22 heavy (non-hydrogen) atoms. The van der Waals surface area contributed by atoms with Crippen LogP contribution in [0.2, 0.25) is 0 Å². The average Bonchev–Trinajstić information content (AvgIpc) is 3.04. The number of nitrogens with zero attached hydrogens (tertiary/aromatic N) is 3. The molecule has 3 nitrogen and oxygen atoms in total. The van der Waals surface area contributed by atoms with Crippen molar-refractivity contribution in [1.29, 1.82) is 5.26 Å². The van der Waals surface area contributed by atoms with Gasteiger partial charge in [0.05, 0.1) is 11.3 Å². The van der Waals surface area contributed by atoms with Gasteiger partial charge in [-0.15, -0.1) is 11.3 Å². The predicted octanol–water partition coefficient (Wildman–Crippen LogP) is 4.58. The summed E-state index contributed by atoms with van der Waals surface area (Å²) in [7, 11) is 0. The third-order valence-corrected chi connectivity index (χ3v) is 4.07. The van der Waals surface area contributed by atoms with Crippen LogP contribution in [0.3, 0.4) is 0 Å². The Bertz CT molecular complexity index is 840. The number of thiazole rings is 1. The van der Waals surface area contributed by atoms with Crippen LogP contribution >= 0.6 is 11.3 Å². The molecule has 0 saturated carbocycles. The summed E-state index contributed by atoms with van der Waals surface area (Å²) in [6, 6.07) is 14.2. The molecule has 0 unspecified atom stereocenters. The molecule has 0 atom stereocenters. The van der Waals surface area contributed by atoms with Gasteiger partial charge in [-0.1, -0.05) is 35.9 Å². The molecule has 106 valence electrons. The lowest BCUT2D eigenvalue weighted by Gasteiger charge is -1.97. The minimum absolute atomic E-state index is 0.552. The zero-order valence-electron chi connectivity index (χ0n) is 12.0. The van der Waals surface area contributed by atoms with Crippen LogP contribution in [0.5, 0.6) is 0 Å². The summed E-state index contributed by atoms with van der Waals surface area (Å²) in [5.41, 5.74) is 4.62. The Kier molecular flexibility index (Phi) is 4.08. The highest BCUT2D eigenvalue weighted by molar-refractivity contribution is 7.11. The summed E-state index contributed by atoms with van der Waals surface area (Å²) in [6.07, 6.45) is 5.25. The molecular weight excluding hydrogens is 290 g/mol. The fourth-order valence-electron chi connectivity index (χ4n) is 2.02. The van der Waals surface area contributed by atoms with E-state index in [1.54, 1.807) is 12.4 Å². The first-order chi connectivity index (χ1) is 10.8. The van der Waals surface area contributed by atoms with Crippen LogP contribution in [-0.2, 0) is 0 Å². The van der Waals surface area contributed by atoms with Gasteiger partial charge in [0.2, 0.25) is 0 Å². The quantitative estimate of drug-likeness (QED) is 0.665. The summed E-state index contributed by atoms with van der Waals surface area (Å²) in [4.78, 5) is 8.64. The van der Waals surface area contributed by atoms with Crippen LogP contribution in [0.15, 0.2) is 54.2 Å².